The molecule has 0 unspecified atom stereocenters. The number of methoxy groups -OCH3 is 1. The normalized spacial score (nSPS) is 12.0. The number of halogens is 6. The quantitative estimate of drug-likeness (QED) is 0.330. The lowest BCUT2D eigenvalue weighted by atomic mass is 10.0. The van der Waals surface area contributed by atoms with Crippen molar-refractivity contribution < 1.29 is 48.5 Å². The van der Waals surface area contributed by atoms with Crippen LogP contribution in [-0.2, 0) is 14.9 Å². The minimum Gasteiger partial charge on any atom is -0.465 e. The van der Waals surface area contributed by atoms with Gasteiger partial charge in [0.15, 0.2) is 5.75 Å². The van der Waals surface area contributed by atoms with E-state index in [1.807, 2.05) is 0 Å². The van der Waals surface area contributed by atoms with Crippen molar-refractivity contribution in [2.45, 2.75) is 5.51 Å². The van der Waals surface area contributed by atoms with Crippen molar-refractivity contribution in [1.82, 2.24) is 0 Å². The summed E-state index contributed by atoms with van der Waals surface area (Å²) in [6.07, 6.45) is 0. The molecule has 0 aromatic heterocycles. The summed E-state index contributed by atoms with van der Waals surface area (Å²) in [5.41, 5.74) is -8.65. The maximum Gasteiger partial charge on any atom is 0.534 e. The van der Waals surface area contributed by atoms with Gasteiger partial charge in [0.05, 0.1) is 12.7 Å². The number of benzene rings is 2. The highest BCUT2D eigenvalue weighted by Crippen LogP contribution is 2.35. The van der Waals surface area contributed by atoms with Crippen molar-refractivity contribution in [3.8, 4) is 16.9 Å². The van der Waals surface area contributed by atoms with E-state index in [0.717, 1.165) is 25.3 Å². The van der Waals surface area contributed by atoms with Crippen LogP contribution in [0.2, 0.25) is 0 Å². The SMILES string of the molecule is COC(=O)c1cc(-c2c(F)cccc2F)c(F)cc1OS(=O)(=O)C(F)(F)F. The Bertz CT molecular complexity index is 980. The van der Waals surface area contributed by atoms with E-state index in [9.17, 15) is 39.6 Å². The molecule has 0 fully saturated rings. The number of hydrogen-bond donors (Lipinski definition) is 0. The fourth-order valence-corrected chi connectivity index (χ4v) is 2.47. The number of esters is 1. The molecule has 0 saturated heterocycles. The van der Waals surface area contributed by atoms with Crippen molar-refractivity contribution in [3.63, 3.8) is 0 Å². The monoisotopic (exact) mass is 414 g/mol. The van der Waals surface area contributed by atoms with E-state index in [1.165, 1.54) is 0 Å². The van der Waals surface area contributed by atoms with Crippen LogP contribution in [-0.4, -0.2) is 27.0 Å². The number of carbonyl (C=O) groups excluding carboxylic acids is 1. The van der Waals surface area contributed by atoms with E-state index in [2.05, 4.69) is 8.92 Å². The fraction of sp³-hybridized carbons (Fsp3) is 0.133. The van der Waals surface area contributed by atoms with Crippen LogP contribution < -0.4 is 4.18 Å². The van der Waals surface area contributed by atoms with Crippen molar-refractivity contribution in [3.05, 3.63) is 53.3 Å². The first-order chi connectivity index (χ1) is 12.4. The average molecular weight is 414 g/mol. The van der Waals surface area contributed by atoms with Crippen molar-refractivity contribution in [1.29, 1.82) is 0 Å². The number of alkyl halides is 3. The van der Waals surface area contributed by atoms with Crippen LogP contribution in [0.1, 0.15) is 10.4 Å². The Labute approximate surface area is 148 Å². The van der Waals surface area contributed by atoms with Gasteiger partial charge in [-0.05, 0) is 18.2 Å². The summed E-state index contributed by atoms with van der Waals surface area (Å²) in [4.78, 5) is 11.7. The number of ether oxygens (including phenoxy) is 1. The van der Waals surface area contributed by atoms with Gasteiger partial charge in [0, 0.05) is 11.6 Å². The molecule has 12 heteroatoms. The maximum atomic E-state index is 14.3. The van der Waals surface area contributed by atoms with Crippen LogP contribution in [0.25, 0.3) is 11.1 Å². The molecule has 0 atom stereocenters. The Kier molecular flexibility index (Phi) is 5.40. The van der Waals surface area contributed by atoms with Gasteiger partial charge in [-0.3, -0.25) is 0 Å². The first-order valence-corrected chi connectivity index (χ1v) is 8.17. The van der Waals surface area contributed by atoms with Crippen LogP contribution in [0.4, 0.5) is 26.3 Å². The van der Waals surface area contributed by atoms with Gasteiger partial charge in [-0.2, -0.15) is 21.6 Å². The summed E-state index contributed by atoms with van der Waals surface area (Å²) < 4.78 is 110. The van der Waals surface area contributed by atoms with Gasteiger partial charge in [-0.25, -0.2) is 18.0 Å². The maximum absolute atomic E-state index is 14.3. The van der Waals surface area contributed by atoms with Gasteiger partial charge < -0.3 is 8.92 Å². The van der Waals surface area contributed by atoms with Crippen LogP contribution in [0.5, 0.6) is 5.75 Å². The first kappa shape index (κ1) is 20.6. The summed E-state index contributed by atoms with van der Waals surface area (Å²) in [7, 11) is -5.46. The van der Waals surface area contributed by atoms with E-state index in [0.29, 0.717) is 6.07 Å². The first-order valence-electron chi connectivity index (χ1n) is 6.76. The molecule has 0 amide bonds. The minimum absolute atomic E-state index is 0.0801. The van der Waals surface area contributed by atoms with Gasteiger partial charge in [-0.15, -0.1) is 0 Å². The molecule has 0 aliphatic carbocycles. The molecule has 2 rings (SSSR count). The predicted molar refractivity (Wildman–Crippen MR) is 78.7 cm³/mol. The Morgan fingerprint density at radius 1 is 1.00 bits per heavy atom. The molecule has 2 aromatic carbocycles. The molecule has 0 aliphatic heterocycles. The Balaban J connectivity index is 2.72. The summed E-state index contributed by atoms with van der Waals surface area (Å²) in [5.74, 6) is -6.81. The number of hydrogen-bond acceptors (Lipinski definition) is 5. The highest BCUT2D eigenvalue weighted by Gasteiger charge is 2.49. The zero-order chi connectivity index (χ0) is 20.6. The largest absolute Gasteiger partial charge is 0.534 e. The molecular formula is C15H8F6O5S. The molecule has 0 spiro atoms. The summed E-state index contributed by atoms with van der Waals surface area (Å²) in [5, 5.41) is 0. The second kappa shape index (κ2) is 7.10. The Morgan fingerprint density at radius 2 is 1.56 bits per heavy atom. The van der Waals surface area contributed by atoms with Crippen molar-refractivity contribution in [2.24, 2.45) is 0 Å². The standard InChI is InChI=1S/C15H8F6O5S/c1-25-14(22)8-5-7(13-9(16)3-2-4-10(13)17)11(18)6-12(8)26-27(23,24)15(19,20)21/h2-6H,1H3. The molecule has 5 nitrogen and oxygen atoms in total. The van der Waals surface area contributed by atoms with Crippen LogP contribution in [0.15, 0.2) is 30.3 Å². The average Bonchev–Trinajstić information content (AvgIpc) is 2.54. The van der Waals surface area contributed by atoms with Gasteiger partial charge in [0.25, 0.3) is 0 Å². The third-order valence-corrected chi connectivity index (χ3v) is 4.16. The lowest BCUT2D eigenvalue weighted by molar-refractivity contribution is -0.0500. The molecule has 2 aromatic rings. The second-order valence-electron chi connectivity index (χ2n) is 4.90. The molecular weight excluding hydrogens is 406 g/mol. The summed E-state index contributed by atoms with van der Waals surface area (Å²) in [6.45, 7) is 0. The highest BCUT2D eigenvalue weighted by atomic mass is 32.2. The van der Waals surface area contributed by atoms with E-state index < -0.39 is 61.5 Å². The lowest BCUT2D eigenvalue weighted by Gasteiger charge is -2.14. The van der Waals surface area contributed by atoms with Gasteiger partial charge in [0.2, 0.25) is 0 Å². The smallest absolute Gasteiger partial charge is 0.465 e. The Hall–Kier alpha value is -2.76. The third kappa shape index (κ3) is 3.99. The van der Waals surface area contributed by atoms with Crippen LogP contribution >= 0.6 is 0 Å². The fourth-order valence-electron chi connectivity index (χ4n) is 2.01. The molecule has 0 heterocycles. The van der Waals surface area contributed by atoms with E-state index in [4.69, 9.17) is 0 Å². The number of carbonyl (C=O) groups is 1. The number of rotatable bonds is 4. The van der Waals surface area contributed by atoms with Gasteiger partial charge in [0.1, 0.15) is 23.0 Å². The second-order valence-corrected chi connectivity index (χ2v) is 6.44. The zero-order valence-electron chi connectivity index (χ0n) is 13.1. The van der Waals surface area contributed by atoms with Crippen LogP contribution in [0.3, 0.4) is 0 Å². The van der Waals surface area contributed by atoms with Crippen molar-refractivity contribution in [2.75, 3.05) is 7.11 Å². The van der Waals surface area contributed by atoms with E-state index >= 15 is 0 Å². The molecule has 0 radical (unpaired) electrons. The molecule has 0 saturated carbocycles. The highest BCUT2D eigenvalue weighted by molar-refractivity contribution is 7.88. The van der Waals surface area contributed by atoms with E-state index in [1.54, 1.807) is 0 Å². The van der Waals surface area contributed by atoms with Crippen molar-refractivity contribution >= 4 is 16.1 Å². The van der Waals surface area contributed by atoms with Gasteiger partial charge >= 0.3 is 21.6 Å². The third-order valence-electron chi connectivity index (χ3n) is 3.19. The molecule has 0 N–H and O–H groups in total. The Morgan fingerprint density at radius 3 is 2.04 bits per heavy atom. The zero-order valence-corrected chi connectivity index (χ0v) is 13.9. The molecule has 27 heavy (non-hydrogen) atoms. The van der Waals surface area contributed by atoms with Gasteiger partial charge in [-0.1, -0.05) is 6.07 Å². The van der Waals surface area contributed by atoms with E-state index in [-0.39, 0.29) is 6.07 Å². The predicted octanol–water partition coefficient (Wildman–Crippen LogP) is 3.79. The molecule has 0 bridgehead atoms. The molecule has 146 valence electrons. The van der Waals surface area contributed by atoms with Crippen LogP contribution in [0, 0.1) is 17.5 Å². The molecule has 0 aliphatic rings. The summed E-state index contributed by atoms with van der Waals surface area (Å²) >= 11 is 0. The topological polar surface area (TPSA) is 69.7 Å². The minimum atomic E-state index is -6.25. The summed E-state index contributed by atoms with van der Waals surface area (Å²) in [6, 6.07) is 3.02. The lowest BCUT2D eigenvalue weighted by Crippen LogP contribution is -2.28.